The van der Waals surface area contributed by atoms with Gasteiger partial charge in [0.2, 0.25) is 0 Å². The van der Waals surface area contributed by atoms with Crippen LogP contribution >= 0.6 is 35.7 Å². The third-order valence-electron chi connectivity index (χ3n) is 2.77. The van der Waals surface area contributed by atoms with Crippen LogP contribution in [-0.2, 0) is 0 Å². The summed E-state index contributed by atoms with van der Waals surface area (Å²) in [5.74, 6) is -2.98. The summed E-state index contributed by atoms with van der Waals surface area (Å²) >= 11 is 7.25. The number of alkyl halides is 2. The van der Waals surface area contributed by atoms with E-state index in [2.05, 4.69) is 5.32 Å². The molecule has 3 N–H and O–H groups in total. The molecule has 0 heterocycles. The van der Waals surface area contributed by atoms with Gasteiger partial charge in [0, 0.05) is 6.54 Å². The first-order valence-electron chi connectivity index (χ1n) is 6.30. The first-order valence-corrected chi connectivity index (χ1v) is 8.68. The van der Waals surface area contributed by atoms with Crippen molar-refractivity contribution in [2.45, 2.75) is 32.6 Å². The highest BCUT2D eigenvalue weighted by atomic mass is 32.2. The Morgan fingerprint density at radius 3 is 2.57 bits per heavy atom. The lowest BCUT2D eigenvalue weighted by Crippen LogP contribution is -2.43. The Balaban J connectivity index is 4.56. The molecule has 0 rings (SSSR count). The van der Waals surface area contributed by atoms with Gasteiger partial charge in [-0.3, -0.25) is 0 Å². The van der Waals surface area contributed by atoms with Gasteiger partial charge in [-0.05, 0) is 25.5 Å². The summed E-state index contributed by atoms with van der Waals surface area (Å²) in [5, 5.41) is 11.3. The van der Waals surface area contributed by atoms with Crippen molar-refractivity contribution in [2.75, 3.05) is 18.1 Å². The number of thioether (sulfide) groups is 2. The molecule has 0 aliphatic carbocycles. The fraction of sp³-hybridized carbons (Fsp3) is 0.750. The maximum atomic E-state index is 14.2. The second kappa shape index (κ2) is 9.43. The largest absolute Gasteiger partial charge is 0.352 e. The van der Waals surface area contributed by atoms with Crippen molar-refractivity contribution in [1.29, 1.82) is 5.26 Å². The number of halogens is 2. The number of hydrogen-bond donors (Lipinski definition) is 2. The Labute approximate surface area is 137 Å². The van der Waals surface area contributed by atoms with Crippen molar-refractivity contribution in [3.8, 4) is 6.07 Å². The minimum Gasteiger partial charge on any atom is -0.352 e. The predicted octanol–water partition coefficient (Wildman–Crippen LogP) is 3.37. The summed E-state index contributed by atoms with van der Waals surface area (Å²) in [7, 11) is 0. The van der Waals surface area contributed by atoms with E-state index in [4.69, 9.17) is 23.2 Å². The van der Waals surface area contributed by atoms with Crippen molar-refractivity contribution >= 4 is 45.3 Å². The SMILES string of the molecule is CCCSC(=S)SCC(F)(F)C(C)(C#N)CCNC(N)=O. The number of carbonyl (C=O) groups is 1. The van der Waals surface area contributed by atoms with Crippen LogP contribution in [0.5, 0.6) is 0 Å². The van der Waals surface area contributed by atoms with Crippen LogP contribution in [0.3, 0.4) is 0 Å². The Kier molecular flexibility index (Phi) is 9.17. The predicted molar refractivity (Wildman–Crippen MR) is 88.7 cm³/mol. The third-order valence-corrected chi connectivity index (χ3v) is 5.78. The summed E-state index contributed by atoms with van der Waals surface area (Å²) < 4.78 is 28.9. The number of nitrogens with two attached hydrogens (primary N) is 1. The van der Waals surface area contributed by atoms with E-state index < -0.39 is 23.1 Å². The molecule has 1 unspecified atom stereocenters. The highest BCUT2D eigenvalue weighted by Crippen LogP contribution is 2.42. The number of nitriles is 1. The van der Waals surface area contributed by atoms with Gasteiger partial charge in [0.1, 0.15) is 8.94 Å². The lowest BCUT2D eigenvalue weighted by molar-refractivity contribution is -0.0663. The fourth-order valence-electron chi connectivity index (χ4n) is 1.29. The zero-order valence-corrected chi connectivity index (χ0v) is 14.4. The zero-order valence-electron chi connectivity index (χ0n) is 11.9. The smallest absolute Gasteiger partial charge is 0.312 e. The molecule has 0 aliphatic heterocycles. The van der Waals surface area contributed by atoms with Crippen molar-refractivity contribution in [1.82, 2.24) is 5.32 Å². The van der Waals surface area contributed by atoms with Crippen molar-refractivity contribution in [3.05, 3.63) is 0 Å². The molecule has 9 heteroatoms. The van der Waals surface area contributed by atoms with E-state index in [1.165, 1.54) is 18.7 Å². The Bertz CT molecular complexity index is 415. The highest BCUT2D eigenvalue weighted by molar-refractivity contribution is 8.47. The van der Waals surface area contributed by atoms with Crippen LogP contribution < -0.4 is 11.1 Å². The summed E-state index contributed by atoms with van der Waals surface area (Å²) in [4.78, 5) is 10.6. The van der Waals surface area contributed by atoms with Gasteiger partial charge in [-0.15, -0.1) is 23.5 Å². The summed E-state index contributed by atoms with van der Waals surface area (Å²) in [5.41, 5.74) is 2.99. The van der Waals surface area contributed by atoms with Gasteiger partial charge in [0.25, 0.3) is 5.92 Å². The number of amides is 2. The lowest BCUT2D eigenvalue weighted by atomic mass is 9.82. The Morgan fingerprint density at radius 2 is 2.10 bits per heavy atom. The Morgan fingerprint density at radius 1 is 1.48 bits per heavy atom. The van der Waals surface area contributed by atoms with Gasteiger partial charge in [0.05, 0.1) is 11.8 Å². The molecule has 0 saturated carbocycles. The van der Waals surface area contributed by atoms with Crippen molar-refractivity contribution in [2.24, 2.45) is 11.1 Å². The number of nitrogens with one attached hydrogen (secondary N) is 1. The van der Waals surface area contributed by atoms with Crippen molar-refractivity contribution < 1.29 is 13.6 Å². The molecule has 0 aliphatic rings. The maximum Gasteiger partial charge on any atom is 0.312 e. The molecule has 4 nitrogen and oxygen atoms in total. The van der Waals surface area contributed by atoms with E-state index in [0.717, 1.165) is 23.9 Å². The number of hydrogen-bond acceptors (Lipinski definition) is 5. The molecule has 120 valence electrons. The molecule has 1 atom stereocenters. The number of primary amides is 1. The standard InChI is InChI=1S/C12H19F2N3OS3/c1-3-6-20-10(19)21-8-12(13,14)11(2,7-15)4-5-17-9(16)18/h3-6,8H2,1-2H3,(H3,16,17,18). The van der Waals surface area contributed by atoms with Crippen LogP contribution in [-0.4, -0.2) is 33.5 Å². The van der Waals surface area contributed by atoms with E-state index in [9.17, 15) is 13.6 Å². The van der Waals surface area contributed by atoms with Gasteiger partial charge in [-0.2, -0.15) is 5.26 Å². The molecule has 21 heavy (non-hydrogen) atoms. The van der Waals surface area contributed by atoms with Crippen LogP contribution in [0.4, 0.5) is 13.6 Å². The summed E-state index contributed by atoms with van der Waals surface area (Å²) in [6, 6.07) is 0.853. The highest BCUT2D eigenvalue weighted by Gasteiger charge is 2.50. The molecule has 0 spiro atoms. The molecule has 0 aromatic rings. The summed E-state index contributed by atoms with van der Waals surface area (Å²) in [6.45, 7) is 3.08. The second-order valence-corrected chi connectivity index (χ2v) is 7.85. The Hall–Kier alpha value is -0.590. The van der Waals surface area contributed by atoms with E-state index in [1.807, 2.05) is 6.92 Å². The van der Waals surface area contributed by atoms with E-state index >= 15 is 0 Å². The molecule has 2 amide bonds. The van der Waals surface area contributed by atoms with Gasteiger partial charge in [0.15, 0.2) is 0 Å². The average Bonchev–Trinajstić information content (AvgIpc) is 2.42. The average molecular weight is 356 g/mol. The monoisotopic (exact) mass is 355 g/mol. The third kappa shape index (κ3) is 7.29. The van der Waals surface area contributed by atoms with Crippen LogP contribution in [0.1, 0.15) is 26.7 Å². The number of carbonyl (C=O) groups excluding carboxylic acids is 1. The topological polar surface area (TPSA) is 78.9 Å². The van der Waals surface area contributed by atoms with Crippen LogP contribution in [0.15, 0.2) is 0 Å². The number of urea groups is 1. The number of thiocarbonyl (C=S) groups is 1. The molecule has 0 fully saturated rings. The molecule has 0 bridgehead atoms. The molecule has 0 radical (unpaired) electrons. The molecular weight excluding hydrogens is 336 g/mol. The van der Waals surface area contributed by atoms with Gasteiger partial charge < -0.3 is 11.1 Å². The number of rotatable bonds is 8. The first-order chi connectivity index (χ1) is 9.68. The molecule has 0 aromatic heterocycles. The van der Waals surface area contributed by atoms with E-state index in [-0.39, 0.29) is 13.0 Å². The van der Waals surface area contributed by atoms with Crippen LogP contribution in [0.2, 0.25) is 0 Å². The minimum absolute atomic E-state index is 0.0747. The van der Waals surface area contributed by atoms with E-state index in [1.54, 1.807) is 6.07 Å². The van der Waals surface area contributed by atoms with Gasteiger partial charge >= 0.3 is 6.03 Å². The number of nitrogens with zero attached hydrogens (tertiary/aromatic N) is 1. The molecular formula is C12H19F2N3OS3. The lowest BCUT2D eigenvalue weighted by Gasteiger charge is -2.31. The summed E-state index contributed by atoms with van der Waals surface area (Å²) in [6.07, 6.45) is 0.728. The fourth-order valence-corrected chi connectivity index (χ4v) is 3.47. The van der Waals surface area contributed by atoms with Gasteiger partial charge in [-0.25, -0.2) is 13.6 Å². The van der Waals surface area contributed by atoms with Crippen molar-refractivity contribution in [3.63, 3.8) is 0 Å². The van der Waals surface area contributed by atoms with E-state index in [0.29, 0.717) is 3.53 Å². The van der Waals surface area contributed by atoms with Crippen LogP contribution in [0, 0.1) is 16.7 Å². The molecule has 0 aromatic carbocycles. The maximum absolute atomic E-state index is 14.2. The van der Waals surface area contributed by atoms with Crippen LogP contribution in [0.25, 0.3) is 0 Å². The quantitative estimate of drug-likeness (QED) is 0.653. The normalized spacial score (nSPS) is 14.0. The zero-order chi connectivity index (χ0) is 16.5. The molecule has 0 saturated heterocycles. The van der Waals surface area contributed by atoms with Gasteiger partial charge in [-0.1, -0.05) is 19.1 Å². The second-order valence-electron chi connectivity index (χ2n) is 4.58. The first kappa shape index (κ1) is 20.4. The minimum atomic E-state index is -3.22.